The van der Waals surface area contributed by atoms with Gasteiger partial charge in [-0.3, -0.25) is 4.99 Å². The van der Waals surface area contributed by atoms with Crippen molar-refractivity contribution >= 4 is 33.7 Å². The maximum absolute atomic E-state index is 5.55. The lowest BCUT2D eigenvalue weighted by atomic mass is 9.99. The number of aliphatic imine (C=N–C) groups is 1. The lowest BCUT2D eigenvalue weighted by Gasteiger charge is -2.37. The molecule has 0 bridgehead atoms. The van der Waals surface area contributed by atoms with Crippen LogP contribution in [0.25, 0.3) is 0 Å². The molecular weight excluding hydrogens is 386 g/mol. The van der Waals surface area contributed by atoms with Crippen LogP contribution in [-0.4, -0.2) is 55.2 Å². The summed E-state index contributed by atoms with van der Waals surface area (Å²) in [6.45, 7) is 5.73. The summed E-state index contributed by atoms with van der Waals surface area (Å²) in [5.74, 6) is 2.08. The van der Waals surface area contributed by atoms with Crippen molar-refractivity contribution in [2.75, 3.05) is 39.6 Å². The van der Waals surface area contributed by atoms with Gasteiger partial charge >= 0.3 is 0 Å². The Bertz CT molecular complexity index is 524. The third-order valence-electron chi connectivity index (χ3n) is 4.33. The standard InChI is InChI=1S/C18H28BrN3OS/c1-4-24-18(9-11-23-12-10-18)14-21-17(20-2)22(3)13-15-5-7-16(19)8-6-15/h5-8H,4,9-14H2,1-3H3,(H,20,21). The van der Waals surface area contributed by atoms with Gasteiger partial charge in [-0.05, 0) is 36.3 Å². The molecule has 1 fully saturated rings. The van der Waals surface area contributed by atoms with Crippen molar-refractivity contribution in [1.29, 1.82) is 0 Å². The summed E-state index contributed by atoms with van der Waals surface area (Å²) >= 11 is 5.53. The maximum Gasteiger partial charge on any atom is 0.193 e. The molecular formula is C18H28BrN3OS. The van der Waals surface area contributed by atoms with Crippen molar-refractivity contribution in [2.45, 2.75) is 31.1 Å². The van der Waals surface area contributed by atoms with Gasteiger partial charge in [0.25, 0.3) is 0 Å². The second-order valence-electron chi connectivity index (χ2n) is 6.11. The number of nitrogens with one attached hydrogen (secondary N) is 1. The van der Waals surface area contributed by atoms with Crippen LogP contribution in [0.1, 0.15) is 25.3 Å². The molecule has 0 saturated carbocycles. The van der Waals surface area contributed by atoms with Crippen molar-refractivity contribution < 1.29 is 4.74 Å². The summed E-state index contributed by atoms with van der Waals surface area (Å²) in [5.41, 5.74) is 1.27. The van der Waals surface area contributed by atoms with E-state index in [9.17, 15) is 0 Å². The van der Waals surface area contributed by atoms with Crippen LogP contribution < -0.4 is 5.32 Å². The zero-order chi connectivity index (χ0) is 17.4. The van der Waals surface area contributed by atoms with Gasteiger partial charge in [0.1, 0.15) is 0 Å². The molecule has 2 rings (SSSR count). The molecule has 134 valence electrons. The maximum atomic E-state index is 5.55. The molecule has 1 heterocycles. The van der Waals surface area contributed by atoms with Gasteiger partial charge < -0.3 is 15.0 Å². The van der Waals surface area contributed by atoms with Crippen molar-refractivity contribution in [3.05, 3.63) is 34.3 Å². The van der Waals surface area contributed by atoms with E-state index < -0.39 is 0 Å². The fourth-order valence-corrected chi connectivity index (χ4v) is 4.49. The first kappa shape index (κ1) is 19.6. The van der Waals surface area contributed by atoms with Crippen molar-refractivity contribution in [3.8, 4) is 0 Å². The fourth-order valence-electron chi connectivity index (χ4n) is 2.99. The average Bonchev–Trinajstić information content (AvgIpc) is 2.58. The molecule has 24 heavy (non-hydrogen) atoms. The monoisotopic (exact) mass is 413 g/mol. The second-order valence-corrected chi connectivity index (χ2v) is 8.76. The first-order chi connectivity index (χ1) is 11.6. The Balaban J connectivity index is 1.93. The number of halogens is 1. The molecule has 6 heteroatoms. The van der Waals surface area contributed by atoms with Gasteiger partial charge in [0.15, 0.2) is 5.96 Å². The molecule has 0 aliphatic carbocycles. The van der Waals surface area contributed by atoms with Crippen LogP contribution in [0.5, 0.6) is 0 Å². The number of nitrogens with zero attached hydrogens (tertiary/aromatic N) is 2. The summed E-state index contributed by atoms with van der Waals surface area (Å²) in [5, 5.41) is 3.59. The Labute approximate surface area is 158 Å². The molecule has 4 nitrogen and oxygen atoms in total. The SMILES string of the molecule is CCSC1(CNC(=NC)N(C)Cc2ccc(Br)cc2)CCOCC1. The Hall–Kier alpha value is -0.720. The number of thioether (sulfide) groups is 1. The minimum atomic E-state index is 0.265. The number of hydrogen-bond donors (Lipinski definition) is 1. The summed E-state index contributed by atoms with van der Waals surface area (Å²) < 4.78 is 6.93. The van der Waals surface area contributed by atoms with Gasteiger partial charge in [-0.1, -0.05) is 35.0 Å². The third kappa shape index (κ3) is 5.67. The topological polar surface area (TPSA) is 36.9 Å². The molecule has 1 aromatic rings. The van der Waals surface area contributed by atoms with Gasteiger partial charge in [-0.2, -0.15) is 11.8 Å². The molecule has 0 atom stereocenters. The molecule has 1 N–H and O–H groups in total. The Kier molecular flexibility index (Phi) is 7.91. The number of hydrogen-bond acceptors (Lipinski definition) is 3. The van der Waals surface area contributed by atoms with Crippen LogP contribution in [0, 0.1) is 0 Å². The molecule has 0 amide bonds. The van der Waals surface area contributed by atoms with Crippen LogP contribution in [0.4, 0.5) is 0 Å². The molecule has 0 radical (unpaired) electrons. The van der Waals surface area contributed by atoms with E-state index in [1.54, 1.807) is 0 Å². The van der Waals surface area contributed by atoms with Gasteiger partial charge in [0.05, 0.1) is 0 Å². The first-order valence-electron chi connectivity index (χ1n) is 8.46. The number of ether oxygens (including phenoxy) is 1. The highest BCUT2D eigenvalue weighted by Crippen LogP contribution is 2.34. The molecule has 1 saturated heterocycles. The van der Waals surface area contributed by atoms with E-state index >= 15 is 0 Å². The molecule has 0 spiro atoms. The average molecular weight is 414 g/mol. The van der Waals surface area contributed by atoms with Crippen LogP contribution >= 0.6 is 27.7 Å². The van der Waals surface area contributed by atoms with E-state index in [-0.39, 0.29) is 4.75 Å². The van der Waals surface area contributed by atoms with E-state index in [0.717, 1.165) is 55.3 Å². The van der Waals surface area contributed by atoms with Crippen LogP contribution in [0.3, 0.4) is 0 Å². The van der Waals surface area contributed by atoms with E-state index in [0.29, 0.717) is 0 Å². The lowest BCUT2D eigenvalue weighted by Crippen LogP contribution is -2.48. The summed E-state index contributed by atoms with van der Waals surface area (Å²) in [7, 11) is 3.94. The predicted molar refractivity (Wildman–Crippen MR) is 108 cm³/mol. The van der Waals surface area contributed by atoms with Crippen molar-refractivity contribution in [3.63, 3.8) is 0 Å². The zero-order valence-electron chi connectivity index (χ0n) is 14.8. The number of guanidine groups is 1. The van der Waals surface area contributed by atoms with Crippen LogP contribution in [0.15, 0.2) is 33.7 Å². The molecule has 0 aromatic heterocycles. The second kappa shape index (κ2) is 9.68. The summed E-state index contributed by atoms with van der Waals surface area (Å²) in [6.07, 6.45) is 2.21. The van der Waals surface area contributed by atoms with Crippen molar-refractivity contribution in [1.82, 2.24) is 10.2 Å². The molecule has 1 aliphatic heterocycles. The predicted octanol–water partition coefficient (Wildman–Crippen LogP) is 3.76. The largest absolute Gasteiger partial charge is 0.381 e. The van der Waals surface area contributed by atoms with E-state index in [1.807, 2.05) is 18.8 Å². The Morgan fingerprint density at radius 2 is 2.00 bits per heavy atom. The number of benzene rings is 1. The minimum absolute atomic E-state index is 0.265. The molecule has 0 unspecified atom stereocenters. The van der Waals surface area contributed by atoms with E-state index in [2.05, 4.69) is 69.4 Å². The molecule has 1 aromatic carbocycles. The lowest BCUT2D eigenvalue weighted by molar-refractivity contribution is 0.0780. The summed E-state index contributed by atoms with van der Waals surface area (Å²) in [6, 6.07) is 8.43. The fraction of sp³-hybridized carbons (Fsp3) is 0.611. The normalized spacial score (nSPS) is 17.6. The number of rotatable bonds is 6. The quantitative estimate of drug-likeness (QED) is 0.568. The highest BCUT2D eigenvalue weighted by molar-refractivity contribution is 9.10. The van der Waals surface area contributed by atoms with Gasteiger partial charge in [0, 0.05) is 49.6 Å². The zero-order valence-corrected chi connectivity index (χ0v) is 17.3. The van der Waals surface area contributed by atoms with Gasteiger partial charge in [0.2, 0.25) is 0 Å². The van der Waals surface area contributed by atoms with Gasteiger partial charge in [-0.25, -0.2) is 0 Å². The van der Waals surface area contributed by atoms with Crippen molar-refractivity contribution in [2.24, 2.45) is 4.99 Å². The summed E-state index contributed by atoms with van der Waals surface area (Å²) in [4.78, 5) is 6.63. The van der Waals surface area contributed by atoms with Crippen LogP contribution in [-0.2, 0) is 11.3 Å². The minimum Gasteiger partial charge on any atom is -0.381 e. The van der Waals surface area contributed by atoms with Crippen LogP contribution in [0.2, 0.25) is 0 Å². The highest BCUT2D eigenvalue weighted by atomic mass is 79.9. The van der Waals surface area contributed by atoms with E-state index in [4.69, 9.17) is 4.74 Å². The highest BCUT2D eigenvalue weighted by Gasteiger charge is 2.32. The molecule has 1 aliphatic rings. The third-order valence-corrected chi connectivity index (χ3v) is 6.31. The van der Waals surface area contributed by atoms with Gasteiger partial charge in [-0.15, -0.1) is 0 Å². The smallest absolute Gasteiger partial charge is 0.193 e. The Morgan fingerprint density at radius 3 is 2.58 bits per heavy atom. The first-order valence-corrected chi connectivity index (χ1v) is 10.2. The Morgan fingerprint density at radius 1 is 1.33 bits per heavy atom. The van der Waals surface area contributed by atoms with E-state index in [1.165, 1.54) is 5.56 Å².